The van der Waals surface area contributed by atoms with Crippen LogP contribution >= 0.6 is 11.3 Å². The predicted molar refractivity (Wildman–Crippen MR) is 107 cm³/mol. The first-order chi connectivity index (χ1) is 13.8. The van der Waals surface area contributed by atoms with Gasteiger partial charge in [0.15, 0.2) is 0 Å². The van der Waals surface area contributed by atoms with Crippen LogP contribution in [-0.4, -0.2) is 25.5 Å². The van der Waals surface area contributed by atoms with E-state index in [9.17, 15) is 14.0 Å². The number of aromatic nitrogens is 3. The van der Waals surface area contributed by atoms with Gasteiger partial charge in [-0.2, -0.15) is 5.10 Å². The van der Waals surface area contributed by atoms with Crippen molar-refractivity contribution in [1.82, 2.24) is 14.3 Å². The van der Waals surface area contributed by atoms with Crippen LogP contribution in [0.3, 0.4) is 0 Å². The molecule has 3 aromatic heterocycles. The molecule has 8 heteroatoms. The molecule has 0 aliphatic heterocycles. The van der Waals surface area contributed by atoms with Crippen LogP contribution in [-0.2, 0) is 13.5 Å². The number of hydrogen-bond donors (Lipinski definition) is 1. The number of halogens is 1. The predicted octanol–water partition coefficient (Wildman–Crippen LogP) is 4.05. The van der Waals surface area contributed by atoms with Crippen LogP contribution in [0.2, 0.25) is 0 Å². The highest BCUT2D eigenvalue weighted by Crippen LogP contribution is 2.31. The first-order valence-electron chi connectivity index (χ1n) is 8.85. The summed E-state index contributed by atoms with van der Waals surface area (Å²) in [6.45, 7) is 2.05. The molecule has 1 N–H and O–H groups in total. The molecule has 3 heterocycles. The van der Waals surface area contributed by atoms with Crippen LogP contribution in [0.15, 0.2) is 58.8 Å². The van der Waals surface area contributed by atoms with E-state index < -0.39 is 11.7 Å². The van der Waals surface area contributed by atoms with Crippen molar-refractivity contribution >= 4 is 27.6 Å². The summed E-state index contributed by atoms with van der Waals surface area (Å²) in [6, 6.07) is 11.3. The maximum Gasteiger partial charge on any atom is 0.435 e. The van der Waals surface area contributed by atoms with E-state index in [1.54, 1.807) is 6.07 Å². The second-order valence-electron chi connectivity index (χ2n) is 6.03. The van der Waals surface area contributed by atoms with E-state index in [4.69, 9.17) is 6.48 Å². The molecule has 4 rings (SSSR count). The van der Waals surface area contributed by atoms with Crippen LogP contribution in [0.4, 0.5) is 9.18 Å². The molecule has 0 spiro atoms. The lowest BCUT2D eigenvalue weighted by Gasteiger charge is -2.04. The molecule has 0 radical (unpaired) electrons. The summed E-state index contributed by atoms with van der Waals surface area (Å²) in [5.74, 6) is -0.165. The van der Waals surface area contributed by atoms with Gasteiger partial charge in [0.25, 0.3) is 5.56 Å². The van der Waals surface area contributed by atoms with Gasteiger partial charge in [0.1, 0.15) is 5.82 Å². The van der Waals surface area contributed by atoms with Gasteiger partial charge in [-0.15, -0.1) is 16.0 Å². The standard InChI is InChI=1S/C15H14FNS.C5H4N2O3/c1-10-12(9-11-5-3-4-6-13(11)16)15-14(17(10)2)7-8-18-15;8-4-2-1-3-6-7(4)5(9)10/h3-8H,9H2,1-2H3;1-3H,(H,9,10)/i8D;. The van der Waals surface area contributed by atoms with Crippen LogP contribution in [0.1, 0.15) is 18.2 Å². The zero-order valence-electron chi connectivity index (χ0n) is 16.2. The summed E-state index contributed by atoms with van der Waals surface area (Å²) in [5.41, 5.74) is 3.41. The third kappa shape index (κ3) is 3.86. The highest BCUT2D eigenvalue weighted by molar-refractivity contribution is 7.17. The lowest BCUT2D eigenvalue weighted by molar-refractivity contribution is 0.191. The summed E-state index contributed by atoms with van der Waals surface area (Å²) in [7, 11) is 1.99. The number of thiophene rings is 1. The van der Waals surface area contributed by atoms with Gasteiger partial charge in [-0.05, 0) is 41.6 Å². The Kier molecular flexibility index (Phi) is 5.29. The first kappa shape index (κ1) is 18.1. The van der Waals surface area contributed by atoms with Gasteiger partial charge in [0.2, 0.25) is 0 Å². The Labute approximate surface area is 165 Å². The molecule has 0 unspecified atom stereocenters. The topological polar surface area (TPSA) is 77.1 Å². The van der Waals surface area contributed by atoms with Crippen LogP contribution in [0.25, 0.3) is 10.2 Å². The van der Waals surface area contributed by atoms with E-state index in [2.05, 4.69) is 9.67 Å². The Balaban J connectivity index is 0.000000204. The third-order valence-corrected chi connectivity index (χ3v) is 5.28. The normalized spacial score (nSPS) is 11.0. The maximum absolute atomic E-state index is 13.8. The molecule has 0 fully saturated rings. The minimum Gasteiger partial charge on any atom is -0.463 e. The lowest BCUT2D eigenvalue weighted by atomic mass is 10.0. The smallest absolute Gasteiger partial charge is 0.435 e. The lowest BCUT2D eigenvalue weighted by Crippen LogP contribution is -2.26. The van der Waals surface area contributed by atoms with Crippen molar-refractivity contribution in [3.63, 3.8) is 0 Å². The second-order valence-corrected chi connectivity index (χ2v) is 6.87. The number of fused-ring (bicyclic) bond motifs is 1. The minimum absolute atomic E-state index is 0.165. The van der Waals surface area contributed by atoms with Gasteiger partial charge in [-0.3, -0.25) is 4.79 Å². The van der Waals surface area contributed by atoms with E-state index in [1.165, 1.54) is 29.7 Å². The van der Waals surface area contributed by atoms with Gasteiger partial charge in [-0.25, -0.2) is 9.18 Å². The molecular weight excluding hydrogens is 381 g/mol. The van der Waals surface area contributed by atoms with Crippen molar-refractivity contribution in [3.8, 4) is 0 Å². The molecule has 28 heavy (non-hydrogen) atoms. The Morgan fingerprint density at radius 3 is 2.68 bits per heavy atom. The molecule has 1 aromatic carbocycles. The molecule has 0 saturated heterocycles. The fourth-order valence-electron chi connectivity index (χ4n) is 2.82. The Morgan fingerprint density at radius 2 is 2.04 bits per heavy atom. The van der Waals surface area contributed by atoms with E-state index in [0.29, 0.717) is 22.0 Å². The number of carbonyl (C=O) groups is 1. The van der Waals surface area contributed by atoms with Crippen molar-refractivity contribution in [2.75, 3.05) is 0 Å². The van der Waals surface area contributed by atoms with Gasteiger partial charge < -0.3 is 9.67 Å². The summed E-state index contributed by atoms with van der Waals surface area (Å²) in [4.78, 5) is 20.7. The molecule has 4 aromatic rings. The zero-order chi connectivity index (χ0) is 21.1. The quantitative estimate of drug-likeness (QED) is 0.551. The van der Waals surface area contributed by atoms with Gasteiger partial charge in [0.05, 0.1) is 11.6 Å². The molecule has 0 atom stereocenters. The number of carboxylic acid groups (broad SMARTS) is 1. The number of hydrogen-bond acceptors (Lipinski definition) is 4. The molecule has 0 saturated carbocycles. The van der Waals surface area contributed by atoms with E-state index >= 15 is 0 Å². The molecule has 0 amide bonds. The first-order valence-corrected chi connectivity index (χ1v) is 9.16. The highest BCUT2D eigenvalue weighted by Gasteiger charge is 2.14. The Bertz CT molecular complexity index is 1250. The van der Waals surface area contributed by atoms with E-state index in [0.717, 1.165) is 27.5 Å². The van der Waals surface area contributed by atoms with Crippen LogP contribution in [0.5, 0.6) is 0 Å². The van der Waals surface area contributed by atoms with Gasteiger partial charge in [0, 0.05) is 31.4 Å². The summed E-state index contributed by atoms with van der Waals surface area (Å²) >= 11 is 1.46. The van der Waals surface area contributed by atoms with E-state index in [1.807, 2.05) is 32.2 Å². The van der Waals surface area contributed by atoms with Crippen LogP contribution < -0.4 is 5.56 Å². The number of benzene rings is 1. The molecule has 144 valence electrons. The molecule has 0 bridgehead atoms. The third-order valence-electron chi connectivity index (χ3n) is 4.39. The average Bonchev–Trinajstić information content (AvgIpc) is 3.16. The SMILES string of the molecule is O=C(O)n1ncccc1=O.[2H]c1cc2c(s1)c(Cc1ccccc1F)c(C)n2C. The summed E-state index contributed by atoms with van der Waals surface area (Å²) < 4.78 is 25.1. The molecule has 6 nitrogen and oxygen atoms in total. The number of rotatable bonds is 2. The van der Waals surface area contributed by atoms with Crippen molar-refractivity contribution in [2.45, 2.75) is 13.3 Å². The van der Waals surface area contributed by atoms with Crippen molar-refractivity contribution in [2.24, 2.45) is 7.05 Å². The number of aryl methyl sites for hydroxylation is 1. The monoisotopic (exact) mass is 400 g/mol. The summed E-state index contributed by atoms with van der Waals surface area (Å²) in [5, 5.41) is 12.1. The van der Waals surface area contributed by atoms with Crippen molar-refractivity contribution in [3.05, 3.63) is 87.0 Å². The number of nitrogens with zero attached hydrogens (tertiary/aromatic N) is 3. The fourth-order valence-corrected chi connectivity index (χ4v) is 3.75. The molecular formula is C20H18FN3O3S. The van der Waals surface area contributed by atoms with Crippen LogP contribution in [0, 0.1) is 12.7 Å². The maximum atomic E-state index is 13.8. The fraction of sp³-hybridized carbons (Fsp3) is 0.150. The zero-order valence-corrected chi connectivity index (χ0v) is 16.0. The average molecular weight is 400 g/mol. The Hall–Kier alpha value is -3.26. The van der Waals surface area contributed by atoms with E-state index in [-0.39, 0.29) is 5.82 Å². The van der Waals surface area contributed by atoms with Crippen molar-refractivity contribution < 1.29 is 15.7 Å². The van der Waals surface area contributed by atoms with Crippen molar-refractivity contribution in [1.29, 1.82) is 0 Å². The Morgan fingerprint density at radius 1 is 1.29 bits per heavy atom. The molecule has 0 aliphatic rings. The van der Waals surface area contributed by atoms with Gasteiger partial charge >= 0.3 is 6.09 Å². The minimum atomic E-state index is -1.37. The summed E-state index contributed by atoms with van der Waals surface area (Å²) in [6.07, 6.45) is 0.441. The largest absolute Gasteiger partial charge is 0.463 e. The molecule has 0 aliphatic carbocycles. The highest BCUT2D eigenvalue weighted by atomic mass is 32.1. The van der Waals surface area contributed by atoms with Gasteiger partial charge in [-0.1, -0.05) is 18.2 Å². The second kappa shape index (κ2) is 8.18.